The van der Waals surface area contributed by atoms with E-state index in [2.05, 4.69) is 22.2 Å². The predicted molar refractivity (Wildman–Crippen MR) is 91.2 cm³/mol. The Bertz CT molecular complexity index is 688. The molecule has 122 valence electrons. The fourth-order valence-corrected chi connectivity index (χ4v) is 2.00. The zero-order chi connectivity index (χ0) is 16.8. The quantitative estimate of drug-likeness (QED) is 0.629. The van der Waals surface area contributed by atoms with Crippen molar-refractivity contribution in [1.82, 2.24) is 9.97 Å². The van der Waals surface area contributed by atoms with E-state index in [-0.39, 0.29) is 6.04 Å². The number of nitrogens with one attached hydrogen (secondary N) is 1. The first-order valence-corrected chi connectivity index (χ1v) is 7.71. The van der Waals surface area contributed by atoms with Crippen molar-refractivity contribution < 1.29 is 9.53 Å². The van der Waals surface area contributed by atoms with E-state index < -0.39 is 5.97 Å². The molecule has 0 saturated heterocycles. The van der Waals surface area contributed by atoms with E-state index >= 15 is 0 Å². The molecule has 1 aromatic carbocycles. The van der Waals surface area contributed by atoms with Crippen molar-refractivity contribution in [3.8, 4) is 11.4 Å². The van der Waals surface area contributed by atoms with Crippen LogP contribution in [0.25, 0.3) is 11.4 Å². The van der Waals surface area contributed by atoms with Crippen LogP contribution in [0.2, 0.25) is 0 Å². The highest BCUT2D eigenvalue weighted by atomic mass is 16.5. The van der Waals surface area contributed by atoms with E-state index in [0.29, 0.717) is 29.5 Å². The molecule has 1 atom stereocenters. The van der Waals surface area contributed by atoms with Crippen LogP contribution in [0.15, 0.2) is 30.5 Å². The maximum absolute atomic E-state index is 12.1. The first kappa shape index (κ1) is 16.7. The van der Waals surface area contributed by atoms with Crippen molar-refractivity contribution >= 4 is 17.5 Å². The maximum atomic E-state index is 12.1. The van der Waals surface area contributed by atoms with Gasteiger partial charge in [0.1, 0.15) is 11.4 Å². The van der Waals surface area contributed by atoms with Crippen LogP contribution in [0.4, 0.5) is 11.5 Å². The average Bonchev–Trinajstić information content (AvgIpc) is 2.54. The molecule has 1 aromatic heterocycles. The number of hydrogen-bond acceptors (Lipinski definition) is 6. The number of hydrogen-bond donors (Lipinski definition) is 2. The fraction of sp³-hybridized carbons (Fsp3) is 0.353. The molecule has 0 bridgehead atoms. The van der Waals surface area contributed by atoms with Gasteiger partial charge in [0.15, 0.2) is 5.82 Å². The maximum Gasteiger partial charge on any atom is 0.343 e. The summed E-state index contributed by atoms with van der Waals surface area (Å²) in [6.45, 7) is 6.15. The highest BCUT2D eigenvalue weighted by Crippen LogP contribution is 2.22. The molecule has 0 aliphatic carbocycles. The van der Waals surface area contributed by atoms with Crippen LogP contribution in [0, 0.1) is 0 Å². The van der Waals surface area contributed by atoms with Gasteiger partial charge in [-0.05, 0) is 32.4 Å². The molecule has 2 rings (SSSR count). The van der Waals surface area contributed by atoms with Gasteiger partial charge in [-0.25, -0.2) is 14.8 Å². The van der Waals surface area contributed by atoms with Gasteiger partial charge in [0.05, 0.1) is 6.61 Å². The minimum atomic E-state index is -0.433. The standard InChI is InChI=1S/C17H22N4O2/c1-4-11(3)20-16-14(17(22)23-5-2)10-19-15(21-16)12-7-6-8-13(18)9-12/h6-11H,4-5,18H2,1-3H3,(H,19,20,21). The van der Waals surface area contributed by atoms with Crippen LogP contribution >= 0.6 is 0 Å². The van der Waals surface area contributed by atoms with Gasteiger partial charge in [-0.15, -0.1) is 0 Å². The van der Waals surface area contributed by atoms with Crippen LogP contribution in [-0.4, -0.2) is 28.6 Å². The molecule has 2 aromatic rings. The minimum absolute atomic E-state index is 0.173. The van der Waals surface area contributed by atoms with Gasteiger partial charge in [0.2, 0.25) is 0 Å². The van der Waals surface area contributed by atoms with Gasteiger partial charge in [-0.3, -0.25) is 0 Å². The molecule has 0 saturated carbocycles. The molecule has 0 radical (unpaired) electrons. The molecule has 0 amide bonds. The lowest BCUT2D eigenvalue weighted by atomic mass is 10.2. The van der Waals surface area contributed by atoms with Crippen LogP contribution in [-0.2, 0) is 4.74 Å². The van der Waals surface area contributed by atoms with Crippen LogP contribution in [0.3, 0.4) is 0 Å². The average molecular weight is 314 g/mol. The highest BCUT2D eigenvalue weighted by Gasteiger charge is 2.17. The number of ether oxygens (including phenoxy) is 1. The highest BCUT2D eigenvalue weighted by molar-refractivity contribution is 5.94. The van der Waals surface area contributed by atoms with E-state index in [1.54, 1.807) is 19.1 Å². The lowest BCUT2D eigenvalue weighted by molar-refractivity contribution is 0.0526. The number of aromatic nitrogens is 2. The topological polar surface area (TPSA) is 90.1 Å². The van der Waals surface area contributed by atoms with E-state index in [0.717, 1.165) is 12.0 Å². The summed E-state index contributed by atoms with van der Waals surface area (Å²) in [7, 11) is 0. The third kappa shape index (κ3) is 4.18. The fourth-order valence-electron chi connectivity index (χ4n) is 2.00. The molecule has 0 aliphatic rings. The summed E-state index contributed by atoms with van der Waals surface area (Å²) in [4.78, 5) is 20.9. The summed E-state index contributed by atoms with van der Waals surface area (Å²) >= 11 is 0. The number of rotatable bonds is 6. The third-order valence-electron chi connectivity index (χ3n) is 3.42. The Hall–Kier alpha value is -2.63. The van der Waals surface area contributed by atoms with Crippen molar-refractivity contribution in [3.05, 3.63) is 36.0 Å². The minimum Gasteiger partial charge on any atom is -0.462 e. The lowest BCUT2D eigenvalue weighted by Crippen LogP contribution is -2.19. The predicted octanol–water partition coefficient (Wildman–Crippen LogP) is 3.11. The Kier molecular flexibility index (Phi) is 5.51. The number of esters is 1. The van der Waals surface area contributed by atoms with Gasteiger partial charge >= 0.3 is 5.97 Å². The van der Waals surface area contributed by atoms with Gasteiger partial charge in [0.25, 0.3) is 0 Å². The second-order valence-corrected chi connectivity index (χ2v) is 5.26. The van der Waals surface area contributed by atoms with E-state index in [1.165, 1.54) is 6.20 Å². The molecule has 6 heteroatoms. The Labute approximate surface area is 136 Å². The Morgan fingerprint density at radius 2 is 2.17 bits per heavy atom. The summed E-state index contributed by atoms with van der Waals surface area (Å²) in [6.07, 6.45) is 2.40. The van der Waals surface area contributed by atoms with Gasteiger partial charge in [-0.1, -0.05) is 19.1 Å². The zero-order valence-electron chi connectivity index (χ0n) is 13.7. The first-order valence-electron chi connectivity index (χ1n) is 7.71. The summed E-state index contributed by atoms with van der Waals surface area (Å²) < 4.78 is 5.07. The van der Waals surface area contributed by atoms with Crippen molar-refractivity contribution in [2.45, 2.75) is 33.2 Å². The normalized spacial score (nSPS) is 11.8. The smallest absolute Gasteiger partial charge is 0.343 e. The second kappa shape index (κ2) is 7.58. The molecule has 1 heterocycles. The summed E-state index contributed by atoms with van der Waals surface area (Å²) in [6, 6.07) is 7.49. The summed E-state index contributed by atoms with van der Waals surface area (Å²) in [5.41, 5.74) is 7.58. The number of carbonyl (C=O) groups excluding carboxylic acids is 1. The number of nitrogens with zero attached hydrogens (tertiary/aromatic N) is 2. The van der Waals surface area contributed by atoms with Gasteiger partial charge in [0, 0.05) is 23.5 Å². The van der Waals surface area contributed by atoms with Crippen molar-refractivity contribution in [1.29, 1.82) is 0 Å². The lowest BCUT2D eigenvalue weighted by Gasteiger charge is -2.16. The van der Waals surface area contributed by atoms with Crippen molar-refractivity contribution in [3.63, 3.8) is 0 Å². The van der Waals surface area contributed by atoms with Gasteiger partial charge in [-0.2, -0.15) is 0 Å². The third-order valence-corrected chi connectivity index (χ3v) is 3.42. The second-order valence-electron chi connectivity index (χ2n) is 5.26. The largest absolute Gasteiger partial charge is 0.462 e. The number of benzene rings is 1. The molecule has 0 fully saturated rings. The van der Waals surface area contributed by atoms with E-state index in [9.17, 15) is 4.79 Å². The number of carbonyl (C=O) groups is 1. The molecular weight excluding hydrogens is 292 g/mol. The van der Waals surface area contributed by atoms with Crippen LogP contribution in [0.1, 0.15) is 37.6 Å². The number of nitrogen functional groups attached to an aromatic ring is 1. The number of nitrogens with two attached hydrogens (primary N) is 1. The molecule has 23 heavy (non-hydrogen) atoms. The first-order chi connectivity index (χ1) is 11.0. The molecule has 1 unspecified atom stereocenters. The molecule has 6 nitrogen and oxygen atoms in total. The monoisotopic (exact) mass is 314 g/mol. The molecular formula is C17H22N4O2. The summed E-state index contributed by atoms with van der Waals surface area (Å²) in [5.74, 6) is 0.554. The van der Waals surface area contributed by atoms with Crippen LogP contribution < -0.4 is 11.1 Å². The molecule has 3 N–H and O–H groups in total. The van der Waals surface area contributed by atoms with E-state index in [4.69, 9.17) is 10.5 Å². The van der Waals surface area contributed by atoms with E-state index in [1.807, 2.05) is 19.1 Å². The summed E-state index contributed by atoms with van der Waals surface area (Å²) in [5, 5.41) is 3.24. The van der Waals surface area contributed by atoms with Crippen LogP contribution in [0.5, 0.6) is 0 Å². The Morgan fingerprint density at radius 1 is 1.39 bits per heavy atom. The van der Waals surface area contributed by atoms with Crippen molar-refractivity contribution in [2.75, 3.05) is 17.7 Å². The number of anilines is 2. The molecule has 0 aliphatic heterocycles. The SMILES string of the molecule is CCOC(=O)c1cnc(-c2cccc(N)c2)nc1NC(C)CC. The molecule has 0 spiro atoms. The zero-order valence-corrected chi connectivity index (χ0v) is 13.7. The Balaban J connectivity index is 2.43. The van der Waals surface area contributed by atoms with Gasteiger partial charge < -0.3 is 15.8 Å². The van der Waals surface area contributed by atoms with Crippen molar-refractivity contribution in [2.24, 2.45) is 0 Å². The Morgan fingerprint density at radius 3 is 2.83 bits per heavy atom.